The summed E-state index contributed by atoms with van der Waals surface area (Å²) in [5.41, 5.74) is 0. The van der Waals surface area contributed by atoms with Crippen LogP contribution in [0.4, 0.5) is 0 Å². The predicted molar refractivity (Wildman–Crippen MR) is 98.6 cm³/mol. The average molecular weight is 391 g/mol. The third kappa shape index (κ3) is 21.8. The van der Waals surface area contributed by atoms with Crippen molar-refractivity contribution in [3.8, 4) is 0 Å². The zero-order valence-electron chi connectivity index (χ0n) is 17.3. The molecule has 142 valence electrons. The first-order valence-electron chi connectivity index (χ1n) is 9.73. The van der Waals surface area contributed by atoms with Crippen LogP contribution >= 0.6 is 7.82 Å². The molecule has 1 unspecified atom stereocenters. The third-order valence-corrected chi connectivity index (χ3v) is 4.94. The quantitative estimate of drug-likeness (QED) is 0.227. The monoisotopic (exact) mass is 390 g/mol. The smallest absolute Gasteiger partial charge is 1.00 e. The van der Waals surface area contributed by atoms with Gasteiger partial charge in [0.05, 0.1) is 6.10 Å². The molecule has 0 aliphatic rings. The molecule has 0 heterocycles. The Kier molecular flexibility index (Phi) is 22.7. The maximum absolute atomic E-state index is 10.8. The minimum atomic E-state index is -4.32. The zero-order valence-corrected chi connectivity index (χ0v) is 20.4. The van der Waals surface area contributed by atoms with E-state index in [2.05, 4.69) is 6.92 Å². The van der Waals surface area contributed by atoms with Crippen molar-refractivity contribution in [2.45, 2.75) is 116 Å². The van der Waals surface area contributed by atoms with Crippen LogP contribution in [0.3, 0.4) is 0 Å². The summed E-state index contributed by atoms with van der Waals surface area (Å²) in [6.07, 6.45) is 18.1. The van der Waals surface area contributed by atoms with Gasteiger partial charge in [0.2, 0.25) is 0 Å². The Labute approximate surface area is 194 Å². The molecule has 0 fully saturated rings. The first kappa shape index (κ1) is 28.0. The molecule has 24 heavy (non-hydrogen) atoms. The Morgan fingerprint density at radius 1 is 0.792 bits per heavy atom. The fraction of sp³-hybridized carbons (Fsp3) is 1.00. The molecule has 0 aromatic rings. The van der Waals surface area contributed by atoms with Crippen LogP contribution < -0.4 is 51.4 Å². The predicted octanol–water partition coefficient (Wildman–Crippen LogP) is 3.47. The van der Waals surface area contributed by atoms with Gasteiger partial charge in [-0.25, -0.2) is 4.57 Å². The SMILES string of the molecule is CCCCCCCCCCCCCCCC(CC)OP(=O)(O)O.[H-].[K+]. The van der Waals surface area contributed by atoms with E-state index in [1.165, 1.54) is 70.6 Å². The van der Waals surface area contributed by atoms with E-state index in [1.54, 1.807) is 0 Å². The largest absolute Gasteiger partial charge is 1.00 e. The second-order valence-electron chi connectivity index (χ2n) is 6.66. The van der Waals surface area contributed by atoms with Crippen molar-refractivity contribution >= 4 is 7.82 Å². The van der Waals surface area contributed by atoms with Crippen LogP contribution in [0.2, 0.25) is 0 Å². The summed E-state index contributed by atoms with van der Waals surface area (Å²) in [6.45, 7) is 4.16. The molecule has 0 rings (SSSR count). The van der Waals surface area contributed by atoms with Crippen molar-refractivity contribution in [3.05, 3.63) is 0 Å². The molecule has 0 aromatic heterocycles. The van der Waals surface area contributed by atoms with E-state index in [4.69, 9.17) is 14.3 Å². The van der Waals surface area contributed by atoms with Crippen molar-refractivity contribution in [2.24, 2.45) is 0 Å². The number of hydrogen-bond acceptors (Lipinski definition) is 2. The Bertz CT molecular complexity index is 303. The number of phosphoric acid groups is 1. The van der Waals surface area contributed by atoms with E-state index in [1.807, 2.05) is 6.92 Å². The van der Waals surface area contributed by atoms with E-state index >= 15 is 0 Å². The molecule has 0 aliphatic heterocycles. The molecule has 0 amide bonds. The molecule has 0 bridgehead atoms. The molecule has 1 atom stereocenters. The number of phosphoric ester groups is 1. The summed E-state index contributed by atoms with van der Waals surface area (Å²) in [5, 5.41) is 0. The molecule has 0 aromatic carbocycles. The number of unbranched alkanes of at least 4 members (excludes halogenated alkanes) is 12. The molecule has 2 N–H and O–H groups in total. The summed E-state index contributed by atoms with van der Waals surface area (Å²) in [7, 11) is -4.32. The van der Waals surface area contributed by atoms with Gasteiger partial charge in [0.15, 0.2) is 0 Å². The van der Waals surface area contributed by atoms with E-state index in [0.29, 0.717) is 6.42 Å². The van der Waals surface area contributed by atoms with Gasteiger partial charge in [-0.1, -0.05) is 97.3 Å². The normalized spacial score (nSPS) is 12.8. The van der Waals surface area contributed by atoms with Gasteiger partial charge in [0.1, 0.15) is 0 Å². The Balaban J connectivity index is -0.00000242. The topological polar surface area (TPSA) is 66.8 Å². The number of hydrogen-bond donors (Lipinski definition) is 2. The zero-order chi connectivity index (χ0) is 17.4. The summed E-state index contributed by atoms with van der Waals surface area (Å²) in [5.74, 6) is 0. The summed E-state index contributed by atoms with van der Waals surface area (Å²) >= 11 is 0. The molecule has 4 nitrogen and oxygen atoms in total. The molecule has 0 saturated carbocycles. The average Bonchev–Trinajstić information content (AvgIpc) is 2.49. The van der Waals surface area contributed by atoms with Gasteiger partial charge < -0.3 is 11.2 Å². The second kappa shape index (κ2) is 19.5. The Hall–Kier alpha value is 1.75. The maximum atomic E-state index is 10.8. The summed E-state index contributed by atoms with van der Waals surface area (Å²) < 4.78 is 15.6. The minimum absolute atomic E-state index is 0. The maximum Gasteiger partial charge on any atom is 1.00 e. The molecular weight excluding hydrogens is 350 g/mol. The fourth-order valence-electron chi connectivity index (χ4n) is 2.92. The summed E-state index contributed by atoms with van der Waals surface area (Å²) in [6, 6.07) is 0. The molecule has 0 saturated heterocycles. The Morgan fingerprint density at radius 2 is 1.17 bits per heavy atom. The molecule has 0 aliphatic carbocycles. The van der Waals surface area contributed by atoms with Crippen LogP contribution in [0.5, 0.6) is 0 Å². The first-order valence-corrected chi connectivity index (χ1v) is 11.3. The molecule has 6 heteroatoms. The van der Waals surface area contributed by atoms with Crippen molar-refractivity contribution in [1.29, 1.82) is 0 Å². The van der Waals surface area contributed by atoms with Gasteiger partial charge in [0.25, 0.3) is 0 Å². The van der Waals surface area contributed by atoms with Crippen LogP contribution in [0, 0.1) is 0 Å². The molecule has 0 radical (unpaired) electrons. The standard InChI is InChI=1S/C18H39O4P.K.H/c1-3-5-6-7-8-9-10-11-12-13-14-15-16-17-18(4-2)22-23(19,20)21;;/h18H,3-17H2,1-2H3,(H2,19,20,21);;/q;+1;-1. The van der Waals surface area contributed by atoms with Gasteiger partial charge in [-0.2, -0.15) is 0 Å². The van der Waals surface area contributed by atoms with Gasteiger partial charge in [0, 0.05) is 0 Å². The molecule has 0 spiro atoms. The first-order chi connectivity index (χ1) is 11.0. The van der Waals surface area contributed by atoms with Crippen LogP contribution in [0.25, 0.3) is 0 Å². The second-order valence-corrected chi connectivity index (χ2v) is 7.85. The minimum Gasteiger partial charge on any atom is -1.00 e. The number of rotatable bonds is 17. The van der Waals surface area contributed by atoms with Gasteiger partial charge in [-0.05, 0) is 12.8 Å². The van der Waals surface area contributed by atoms with E-state index in [9.17, 15) is 4.57 Å². The van der Waals surface area contributed by atoms with E-state index in [-0.39, 0.29) is 58.9 Å². The van der Waals surface area contributed by atoms with Crippen molar-refractivity contribution in [2.75, 3.05) is 0 Å². The van der Waals surface area contributed by atoms with E-state index < -0.39 is 7.82 Å². The van der Waals surface area contributed by atoms with Crippen molar-refractivity contribution in [3.63, 3.8) is 0 Å². The van der Waals surface area contributed by atoms with Crippen molar-refractivity contribution in [1.82, 2.24) is 0 Å². The van der Waals surface area contributed by atoms with Gasteiger partial charge in [-0.15, -0.1) is 0 Å². The van der Waals surface area contributed by atoms with Crippen molar-refractivity contribution < 1.29 is 71.7 Å². The Morgan fingerprint density at radius 3 is 1.50 bits per heavy atom. The van der Waals surface area contributed by atoms with Crippen LogP contribution in [-0.2, 0) is 9.09 Å². The van der Waals surface area contributed by atoms with Crippen LogP contribution in [0.1, 0.15) is 112 Å². The summed E-state index contributed by atoms with van der Waals surface area (Å²) in [4.78, 5) is 17.6. The molecular formula is C18H40KO4P. The van der Waals surface area contributed by atoms with Gasteiger partial charge in [-0.3, -0.25) is 4.52 Å². The third-order valence-electron chi connectivity index (χ3n) is 4.37. The van der Waals surface area contributed by atoms with Gasteiger partial charge >= 0.3 is 59.2 Å². The fourth-order valence-corrected chi connectivity index (χ4v) is 3.56. The van der Waals surface area contributed by atoms with Crippen LogP contribution in [-0.4, -0.2) is 15.9 Å². The van der Waals surface area contributed by atoms with Crippen LogP contribution in [0.15, 0.2) is 0 Å². The van der Waals surface area contributed by atoms with E-state index in [0.717, 1.165) is 19.3 Å².